The summed E-state index contributed by atoms with van der Waals surface area (Å²) in [6.45, 7) is 9.81. The summed E-state index contributed by atoms with van der Waals surface area (Å²) >= 11 is 0. The molecule has 0 aliphatic heterocycles. The van der Waals surface area contributed by atoms with Gasteiger partial charge in [-0.05, 0) is 23.8 Å². The Kier molecular flexibility index (Phi) is 5.17. The first-order valence-electron chi connectivity index (χ1n) is 5.53. The number of rotatable bonds is 7. The summed E-state index contributed by atoms with van der Waals surface area (Å²) in [4.78, 5) is 12.0. The molecule has 0 amide bonds. The number of quaternary nitrogens is 1. The highest BCUT2D eigenvalue weighted by molar-refractivity contribution is 5.85. The Bertz CT molecular complexity index is 402. The molecule has 3 nitrogen and oxygen atoms in total. The Morgan fingerprint density at radius 1 is 1.29 bits per heavy atom. The lowest BCUT2D eigenvalue weighted by Gasteiger charge is -2.16. The van der Waals surface area contributed by atoms with Crippen molar-refractivity contribution >= 4 is 5.97 Å². The maximum Gasteiger partial charge on any atom is 0.103 e. The molecule has 0 aliphatic rings. The third-order valence-electron chi connectivity index (χ3n) is 2.48. The minimum Gasteiger partial charge on any atom is -0.545 e. The maximum atomic E-state index is 10.7. The molecule has 0 heterocycles. The van der Waals surface area contributed by atoms with Gasteiger partial charge in [-0.15, -0.1) is 0 Å². The average Bonchev–Trinajstić information content (AvgIpc) is 2.30. The fraction of sp³-hybridized carbons (Fsp3) is 0.214. The van der Waals surface area contributed by atoms with Crippen LogP contribution in [-0.2, 0) is 6.54 Å². The molecule has 1 rings (SSSR count). The van der Waals surface area contributed by atoms with Gasteiger partial charge in [-0.2, -0.15) is 0 Å². The molecule has 0 saturated carbocycles. The van der Waals surface area contributed by atoms with Gasteiger partial charge in [0.15, 0.2) is 0 Å². The lowest BCUT2D eigenvalue weighted by molar-refractivity contribution is -0.902. The maximum absolute atomic E-state index is 10.7. The first-order valence-corrected chi connectivity index (χ1v) is 5.53. The number of hydrogen-bond donors (Lipinski definition) is 1. The number of carboxylic acid groups (broad SMARTS) is 1. The second-order valence-corrected chi connectivity index (χ2v) is 3.90. The van der Waals surface area contributed by atoms with E-state index < -0.39 is 5.97 Å². The zero-order chi connectivity index (χ0) is 12.7. The van der Waals surface area contributed by atoms with E-state index in [1.807, 2.05) is 18.2 Å². The van der Waals surface area contributed by atoms with Gasteiger partial charge < -0.3 is 14.8 Å². The summed E-state index contributed by atoms with van der Waals surface area (Å²) in [6, 6.07) is 6.85. The zero-order valence-electron chi connectivity index (χ0n) is 9.82. The van der Waals surface area contributed by atoms with E-state index in [0.29, 0.717) is 0 Å². The van der Waals surface area contributed by atoms with Crippen LogP contribution in [0.25, 0.3) is 0 Å². The monoisotopic (exact) mass is 231 g/mol. The molecule has 1 N–H and O–H groups in total. The second-order valence-electron chi connectivity index (χ2n) is 3.90. The molecule has 0 fully saturated rings. The van der Waals surface area contributed by atoms with E-state index in [1.165, 1.54) is 4.90 Å². The molecule has 17 heavy (non-hydrogen) atoms. The van der Waals surface area contributed by atoms with Crippen molar-refractivity contribution in [1.82, 2.24) is 0 Å². The highest BCUT2D eigenvalue weighted by atomic mass is 16.4. The van der Waals surface area contributed by atoms with Crippen LogP contribution in [0.3, 0.4) is 0 Å². The van der Waals surface area contributed by atoms with E-state index in [1.54, 1.807) is 18.2 Å². The van der Waals surface area contributed by atoms with E-state index in [4.69, 9.17) is 0 Å². The normalized spacial score (nSPS) is 10.2. The number of benzene rings is 1. The van der Waals surface area contributed by atoms with Crippen molar-refractivity contribution < 1.29 is 14.8 Å². The number of carboxylic acids is 1. The third kappa shape index (κ3) is 4.25. The SMILES string of the molecule is C=CC[NH+](CC=C)Cc1cccc(C(=O)[O-])c1. The van der Waals surface area contributed by atoms with Crippen molar-refractivity contribution in [2.45, 2.75) is 6.54 Å². The van der Waals surface area contributed by atoms with Gasteiger partial charge in [-0.1, -0.05) is 31.4 Å². The molecule has 0 atom stereocenters. The summed E-state index contributed by atoms with van der Waals surface area (Å²) in [5.41, 5.74) is 1.20. The van der Waals surface area contributed by atoms with Gasteiger partial charge >= 0.3 is 0 Å². The number of hydrogen-bond acceptors (Lipinski definition) is 2. The van der Waals surface area contributed by atoms with E-state index in [9.17, 15) is 9.90 Å². The topological polar surface area (TPSA) is 44.6 Å². The van der Waals surface area contributed by atoms with Gasteiger partial charge in [0.1, 0.15) is 6.54 Å². The summed E-state index contributed by atoms with van der Waals surface area (Å²) in [5, 5.41) is 10.7. The molecule has 0 radical (unpaired) electrons. The zero-order valence-corrected chi connectivity index (χ0v) is 9.82. The van der Waals surface area contributed by atoms with Crippen LogP contribution in [0.1, 0.15) is 15.9 Å². The Balaban J connectivity index is 2.77. The summed E-state index contributed by atoms with van der Waals surface area (Å²) in [7, 11) is 0. The Hall–Kier alpha value is -1.87. The summed E-state index contributed by atoms with van der Waals surface area (Å²) in [5.74, 6) is -1.14. The minimum absolute atomic E-state index is 0.221. The smallest absolute Gasteiger partial charge is 0.103 e. The van der Waals surface area contributed by atoms with E-state index in [-0.39, 0.29) is 5.56 Å². The first-order chi connectivity index (χ1) is 8.17. The molecule has 90 valence electrons. The van der Waals surface area contributed by atoms with Crippen LogP contribution < -0.4 is 10.0 Å². The molecule has 0 bridgehead atoms. The van der Waals surface area contributed by atoms with Crippen molar-refractivity contribution in [3.05, 3.63) is 60.7 Å². The number of aromatic carboxylic acids is 1. The van der Waals surface area contributed by atoms with Crippen LogP contribution in [0.2, 0.25) is 0 Å². The molecular formula is C14H17NO2. The number of carbonyl (C=O) groups excluding carboxylic acids is 1. The van der Waals surface area contributed by atoms with Gasteiger partial charge in [0.2, 0.25) is 0 Å². The van der Waals surface area contributed by atoms with Crippen molar-refractivity contribution in [3.8, 4) is 0 Å². The lowest BCUT2D eigenvalue weighted by Crippen LogP contribution is -3.10. The summed E-state index contributed by atoms with van der Waals surface area (Å²) < 4.78 is 0. The van der Waals surface area contributed by atoms with Gasteiger partial charge in [0, 0.05) is 5.56 Å². The highest BCUT2D eigenvalue weighted by Crippen LogP contribution is 2.03. The number of carbonyl (C=O) groups is 1. The van der Waals surface area contributed by atoms with Crippen molar-refractivity contribution in [2.24, 2.45) is 0 Å². The molecule has 1 aromatic carbocycles. The Morgan fingerprint density at radius 3 is 2.47 bits per heavy atom. The van der Waals surface area contributed by atoms with Crippen molar-refractivity contribution in [2.75, 3.05) is 13.1 Å². The molecule has 0 aromatic heterocycles. The van der Waals surface area contributed by atoms with Crippen molar-refractivity contribution in [1.29, 1.82) is 0 Å². The van der Waals surface area contributed by atoms with Crippen LogP contribution in [-0.4, -0.2) is 19.1 Å². The predicted octanol–water partition coefficient (Wildman–Crippen LogP) is -0.193. The predicted molar refractivity (Wildman–Crippen MR) is 65.6 cm³/mol. The fourth-order valence-electron chi connectivity index (χ4n) is 1.73. The first kappa shape index (κ1) is 13.2. The molecule has 0 saturated heterocycles. The van der Waals surface area contributed by atoms with Crippen LogP contribution >= 0.6 is 0 Å². The van der Waals surface area contributed by atoms with Gasteiger partial charge in [0.05, 0.1) is 19.1 Å². The molecule has 0 spiro atoms. The standard InChI is InChI=1S/C14H17NO2/c1-3-8-15(9-4-2)11-12-6-5-7-13(10-12)14(16)17/h3-7,10H,1-2,8-9,11H2,(H,16,17). The minimum atomic E-state index is -1.14. The molecule has 0 unspecified atom stereocenters. The molecule has 3 heteroatoms. The average molecular weight is 231 g/mol. The summed E-state index contributed by atoms with van der Waals surface area (Å²) in [6.07, 6.45) is 3.70. The third-order valence-corrected chi connectivity index (χ3v) is 2.48. The van der Waals surface area contributed by atoms with E-state index in [2.05, 4.69) is 13.2 Å². The highest BCUT2D eigenvalue weighted by Gasteiger charge is 2.06. The number of nitrogens with one attached hydrogen (secondary N) is 1. The van der Waals surface area contributed by atoms with Gasteiger partial charge in [0.25, 0.3) is 0 Å². The largest absolute Gasteiger partial charge is 0.545 e. The van der Waals surface area contributed by atoms with Gasteiger partial charge in [-0.25, -0.2) is 0 Å². The molecule has 1 aromatic rings. The van der Waals surface area contributed by atoms with Crippen LogP contribution in [0.5, 0.6) is 0 Å². The van der Waals surface area contributed by atoms with E-state index in [0.717, 1.165) is 25.2 Å². The van der Waals surface area contributed by atoms with Crippen LogP contribution in [0.4, 0.5) is 0 Å². The lowest BCUT2D eigenvalue weighted by atomic mass is 10.1. The van der Waals surface area contributed by atoms with E-state index >= 15 is 0 Å². The van der Waals surface area contributed by atoms with Crippen molar-refractivity contribution in [3.63, 3.8) is 0 Å². The quantitative estimate of drug-likeness (QED) is 0.661. The molecular weight excluding hydrogens is 214 g/mol. The Morgan fingerprint density at radius 2 is 1.94 bits per heavy atom. The van der Waals surface area contributed by atoms with Gasteiger partial charge in [-0.3, -0.25) is 0 Å². The molecule has 0 aliphatic carbocycles. The van der Waals surface area contributed by atoms with Crippen LogP contribution in [0, 0.1) is 0 Å². The van der Waals surface area contributed by atoms with Crippen LogP contribution in [0.15, 0.2) is 49.6 Å². The second kappa shape index (κ2) is 6.66. The Labute approximate surface area is 102 Å². The fourth-order valence-corrected chi connectivity index (χ4v) is 1.73.